The molecule has 1 aliphatic carbocycles. The standard InChI is InChI=1S/C19H16OS/c20-19(17-12-21-18-11-4-3-9-15(17)18)16-10-5-7-13-6-1-2-8-14(13)16/h1-4,6,8-9,11-12,16H,5,7,10H2. The average molecular weight is 292 g/mol. The van der Waals surface area contributed by atoms with E-state index in [-0.39, 0.29) is 5.92 Å². The average Bonchev–Trinajstić information content (AvgIpc) is 2.98. The second-order valence-corrected chi connectivity index (χ2v) is 6.56. The fourth-order valence-electron chi connectivity index (χ4n) is 3.38. The molecule has 1 unspecified atom stereocenters. The van der Waals surface area contributed by atoms with Crippen molar-refractivity contribution in [2.75, 3.05) is 0 Å². The molecule has 1 atom stereocenters. The van der Waals surface area contributed by atoms with Gasteiger partial charge in [-0.25, -0.2) is 0 Å². The van der Waals surface area contributed by atoms with E-state index in [0.717, 1.165) is 30.2 Å². The van der Waals surface area contributed by atoms with Crippen molar-refractivity contribution in [1.82, 2.24) is 0 Å². The van der Waals surface area contributed by atoms with Crippen molar-refractivity contribution in [3.63, 3.8) is 0 Å². The smallest absolute Gasteiger partial charge is 0.171 e. The Bertz CT molecular complexity index is 815. The van der Waals surface area contributed by atoms with Crippen LogP contribution in [0.3, 0.4) is 0 Å². The quantitative estimate of drug-likeness (QED) is 0.593. The van der Waals surface area contributed by atoms with Crippen LogP contribution in [0, 0.1) is 0 Å². The number of fused-ring (bicyclic) bond motifs is 2. The number of benzene rings is 2. The van der Waals surface area contributed by atoms with Crippen LogP contribution in [0.25, 0.3) is 10.1 Å². The van der Waals surface area contributed by atoms with Gasteiger partial charge in [0.15, 0.2) is 5.78 Å². The lowest BCUT2D eigenvalue weighted by Crippen LogP contribution is -2.18. The first-order valence-corrected chi connectivity index (χ1v) is 8.31. The summed E-state index contributed by atoms with van der Waals surface area (Å²) in [5, 5.41) is 3.14. The summed E-state index contributed by atoms with van der Waals surface area (Å²) in [6, 6.07) is 16.6. The van der Waals surface area contributed by atoms with E-state index in [9.17, 15) is 4.79 Å². The third kappa shape index (κ3) is 2.11. The van der Waals surface area contributed by atoms with Gasteiger partial charge in [-0.05, 0) is 36.5 Å². The molecule has 0 aliphatic heterocycles. The second-order valence-electron chi connectivity index (χ2n) is 5.65. The van der Waals surface area contributed by atoms with Crippen LogP contribution < -0.4 is 0 Å². The molecule has 0 bridgehead atoms. The highest BCUT2D eigenvalue weighted by Crippen LogP contribution is 2.36. The minimum atomic E-state index is 0.0351. The number of Topliss-reactive ketones (excluding diaryl/α,β-unsaturated/α-hetero) is 1. The van der Waals surface area contributed by atoms with Crippen molar-refractivity contribution >= 4 is 27.2 Å². The van der Waals surface area contributed by atoms with Gasteiger partial charge in [-0.1, -0.05) is 42.5 Å². The van der Waals surface area contributed by atoms with E-state index < -0.39 is 0 Å². The maximum Gasteiger partial charge on any atom is 0.171 e. The molecule has 104 valence electrons. The molecule has 3 aromatic rings. The first-order chi connectivity index (χ1) is 10.3. The zero-order valence-electron chi connectivity index (χ0n) is 11.7. The summed E-state index contributed by atoms with van der Waals surface area (Å²) in [6.07, 6.45) is 3.18. The highest BCUT2D eigenvalue weighted by molar-refractivity contribution is 7.17. The molecular formula is C19H16OS. The number of carbonyl (C=O) groups excluding carboxylic acids is 1. The molecule has 4 rings (SSSR count). The summed E-state index contributed by atoms with van der Waals surface area (Å²) >= 11 is 1.67. The van der Waals surface area contributed by atoms with E-state index in [4.69, 9.17) is 0 Å². The van der Waals surface area contributed by atoms with Crippen molar-refractivity contribution in [3.8, 4) is 0 Å². The van der Waals surface area contributed by atoms with Crippen LogP contribution in [-0.2, 0) is 6.42 Å². The molecule has 2 aromatic carbocycles. The Labute approximate surface area is 128 Å². The second kappa shape index (κ2) is 5.12. The Balaban J connectivity index is 1.79. The molecular weight excluding hydrogens is 276 g/mol. The van der Waals surface area contributed by atoms with Crippen LogP contribution in [0.15, 0.2) is 53.9 Å². The van der Waals surface area contributed by atoms with Gasteiger partial charge < -0.3 is 0 Å². The van der Waals surface area contributed by atoms with Gasteiger partial charge in [0.05, 0.1) is 0 Å². The van der Waals surface area contributed by atoms with Gasteiger partial charge >= 0.3 is 0 Å². The highest BCUT2D eigenvalue weighted by atomic mass is 32.1. The summed E-state index contributed by atoms with van der Waals surface area (Å²) in [6.45, 7) is 0. The molecule has 0 radical (unpaired) electrons. The monoisotopic (exact) mass is 292 g/mol. The van der Waals surface area contributed by atoms with Crippen molar-refractivity contribution in [2.45, 2.75) is 25.2 Å². The number of hydrogen-bond acceptors (Lipinski definition) is 2. The van der Waals surface area contributed by atoms with Gasteiger partial charge in [-0.3, -0.25) is 4.79 Å². The third-order valence-electron chi connectivity index (χ3n) is 4.43. The molecule has 1 heterocycles. The molecule has 0 saturated carbocycles. The number of hydrogen-bond donors (Lipinski definition) is 0. The number of ketones is 1. The lowest BCUT2D eigenvalue weighted by Gasteiger charge is -2.24. The summed E-state index contributed by atoms with van der Waals surface area (Å²) in [5.74, 6) is 0.326. The van der Waals surface area contributed by atoms with Crippen LogP contribution in [0.4, 0.5) is 0 Å². The summed E-state index contributed by atoms with van der Waals surface area (Å²) in [4.78, 5) is 13.0. The van der Waals surface area contributed by atoms with Crippen LogP contribution in [0.2, 0.25) is 0 Å². The number of thiophene rings is 1. The molecule has 0 amide bonds. The van der Waals surface area contributed by atoms with Gasteiger partial charge in [-0.15, -0.1) is 11.3 Å². The number of rotatable bonds is 2. The largest absolute Gasteiger partial charge is 0.293 e. The van der Waals surface area contributed by atoms with E-state index in [1.54, 1.807) is 11.3 Å². The molecule has 1 nitrogen and oxygen atoms in total. The summed E-state index contributed by atoms with van der Waals surface area (Å²) in [7, 11) is 0. The van der Waals surface area contributed by atoms with E-state index in [1.807, 2.05) is 17.5 Å². The Kier molecular flexibility index (Phi) is 3.12. The lowest BCUT2D eigenvalue weighted by molar-refractivity contribution is 0.0953. The normalized spacial score (nSPS) is 17.6. The topological polar surface area (TPSA) is 17.1 Å². The molecule has 0 saturated heterocycles. The predicted octanol–water partition coefficient (Wildman–Crippen LogP) is 5.20. The van der Waals surface area contributed by atoms with Gasteiger partial charge in [0.1, 0.15) is 0 Å². The van der Waals surface area contributed by atoms with E-state index in [1.165, 1.54) is 15.8 Å². The highest BCUT2D eigenvalue weighted by Gasteiger charge is 2.28. The van der Waals surface area contributed by atoms with Crippen LogP contribution >= 0.6 is 11.3 Å². The molecule has 0 spiro atoms. The molecule has 1 aromatic heterocycles. The maximum absolute atomic E-state index is 13.0. The van der Waals surface area contributed by atoms with Gasteiger partial charge in [-0.2, -0.15) is 0 Å². The first kappa shape index (κ1) is 12.8. The molecule has 2 heteroatoms. The Morgan fingerprint density at radius 2 is 1.86 bits per heavy atom. The minimum absolute atomic E-state index is 0.0351. The predicted molar refractivity (Wildman–Crippen MR) is 88.3 cm³/mol. The molecule has 0 N–H and O–H groups in total. The van der Waals surface area contributed by atoms with Crippen molar-refractivity contribution in [2.24, 2.45) is 0 Å². The van der Waals surface area contributed by atoms with E-state index in [0.29, 0.717) is 5.78 Å². The Morgan fingerprint density at radius 3 is 2.81 bits per heavy atom. The summed E-state index contributed by atoms with van der Waals surface area (Å²) < 4.78 is 1.20. The van der Waals surface area contributed by atoms with E-state index >= 15 is 0 Å². The zero-order valence-corrected chi connectivity index (χ0v) is 12.5. The molecule has 21 heavy (non-hydrogen) atoms. The van der Waals surface area contributed by atoms with Crippen molar-refractivity contribution < 1.29 is 4.79 Å². The fourth-order valence-corrected chi connectivity index (χ4v) is 4.33. The third-order valence-corrected chi connectivity index (χ3v) is 5.40. The number of aryl methyl sites for hydroxylation is 1. The zero-order chi connectivity index (χ0) is 14.2. The van der Waals surface area contributed by atoms with Crippen LogP contribution in [0.5, 0.6) is 0 Å². The van der Waals surface area contributed by atoms with Crippen molar-refractivity contribution in [1.29, 1.82) is 0 Å². The van der Waals surface area contributed by atoms with Crippen LogP contribution in [0.1, 0.15) is 40.2 Å². The fraction of sp³-hybridized carbons (Fsp3) is 0.211. The van der Waals surface area contributed by atoms with Crippen LogP contribution in [-0.4, -0.2) is 5.78 Å². The SMILES string of the molecule is O=C(c1csc2ccccc12)C1CCCc2ccccc21. The van der Waals surface area contributed by atoms with Gasteiger partial charge in [0.25, 0.3) is 0 Å². The number of carbonyl (C=O) groups is 1. The molecule has 0 fully saturated rings. The first-order valence-electron chi connectivity index (χ1n) is 7.43. The van der Waals surface area contributed by atoms with Gasteiger partial charge in [0, 0.05) is 26.9 Å². The lowest BCUT2D eigenvalue weighted by atomic mass is 9.79. The van der Waals surface area contributed by atoms with Gasteiger partial charge in [0.2, 0.25) is 0 Å². The summed E-state index contributed by atoms with van der Waals surface area (Å²) in [5.41, 5.74) is 3.49. The van der Waals surface area contributed by atoms with Crippen molar-refractivity contribution in [3.05, 3.63) is 70.6 Å². The minimum Gasteiger partial charge on any atom is -0.293 e. The van der Waals surface area contributed by atoms with E-state index in [2.05, 4.69) is 36.4 Å². The Morgan fingerprint density at radius 1 is 1.05 bits per heavy atom. The molecule has 1 aliphatic rings. The maximum atomic E-state index is 13.0. The Hall–Kier alpha value is -1.93.